The van der Waals surface area contributed by atoms with Crippen molar-refractivity contribution in [1.82, 2.24) is 20.1 Å². The number of nitrogens with zero attached hydrogens (tertiary/aromatic N) is 3. The van der Waals surface area contributed by atoms with Crippen LogP contribution >= 0.6 is 23.1 Å². The number of ether oxygens (including phenoxy) is 1. The van der Waals surface area contributed by atoms with Gasteiger partial charge in [0.1, 0.15) is 11.6 Å². The zero-order valence-electron chi connectivity index (χ0n) is 15.5. The standard InChI is InChI=1S/C19H22N4O2S2/c1-13(18(24)20-12-14-6-8-15(25-3)9-7-14)27-19-22-21-17(23(19)2)11-16-5-4-10-26-16/h4-10,13H,11-12H2,1-3H3,(H,20,24)/t13-/m1/s1. The summed E-state index contributed by atoms with van der Waals surface area (Å²) in [5.41, 5.74) is 1.03. The van der Waals surface area contributed by atoms with E-state index in [0.29, 0.717) is 6.54 Å². The molecule has 0 aliphatic heterocycles. The molecule has 1 atom stereocenters. The molecule has 0 radical (unpaired) electrons. The zero-order valence-corrected chi connectivity index (χ0v) is 17.1. The Labute approximate surface area is 167 Å². The van der Waals surface area contributed by atoms with Crippen LogP contribution in [0.4, 0.5) is 0 Å². The molecular weight excluding hydrogens is 380 g/mol. The van der Waals surface area contributed by atoms with Crippen LogP contribution in [0.1, 0.15) is 23.2 Å². The molecule has 0 fully saturated rings. The minimum atomic E-state index is -0.263. The number of carbonyl (C=O) groups excluding carboxylic acids is 1. The monoisotopic (exact) mass is 402 g/mol. The van der Waals surface area contributed by atoms with E-state index in [4.69, 9.17) is 4.74 Å². The van der Waals surface area contributed by atoms with E-state index in [1.54, 1.807) is 18.4 Å². The molecule has 1 amide bonds. The van der Waals surface area contributed by atoms with E-state index in [1.807, 2.05) is 48.9 Å². The van der Waals surface area contributed by atoms with Crippen LogP contribution in [0, 0.1) is 0 Å². The van der Waals surface area contributed by atoms with Crippen molar-refractivity contribution >= 4 is 29.0 Å². The molecular formula is C19H22N4O2S2. The Morgan fingerprint density at radius 2 is 2.07 bits per heavy atom. The van der Waals surface area contributed by atoms with Gasteiger partial charge in [-0.25, -0.2) is 0 Å². The number of nitrogens with one attached hydrogen (secondary N) is 1. The van der Waals surface area contributed by atoms with Gasteiger partial charge in [-0.1, -0.05) is 30.0 Å². The van der Waals surface area contributed by atoms with Crippen molar-refractivity contribution < 1.29 is 9.53 Å². The van der Waals surface area contributed by atoms with Gasteiger partial charge < -0.3 is 14.6 Å². The first-order valence-electron chi connectivity index (χ1n) is 8.54. The van der Waals surface area contributed by atoms with Gasteiger partial charge in [0.05, 0.1) is 12.4 Å². The Kier molecular flexibility index (Phi) is 6.52. The lowest BCUT2D eigenvalue weighted by Crippen LogP contribution is -2.30. The lowest BCUT2D eigenvalue weighted by atomic mass is 10.2. The number of rotatable bonds is 8. The second-order valence-corrected chi connectivity index (χ2v) is 8.38. The molecule has 27 heavy (non-hydrogen) atoms. The molecule has 3 rings (SSSR count). The van der Waals surface area contributed by atoms with Gasteiger partial charge in [0.2, 0.25) is 5.91 Å². The quantitative estimate of drug-likeness (QED) is 0.586. The van der Waals surface area contributed by atoms with E-state index < -0.39 is 0 Å². The Balaban J connectivity index is 1.53. The largest absolute Gasteiger partial charge is 0.497 e. The molecule has 0 unspecified atom stereocenters. The van der Waals surface area contributed by atoms with E-state index in [-0.39, 0.29) is 11.2 Å². The first-order valence-corrected chi connectivity index (χ1v) is 10.3. The smallest absolute Gasteiger partial charge is 0.233 e. The van der Waals surface area contributed by atoms with Crippen molar-refractivity contribution in [2.45, 2.75) is 30.3 Å². The maximum Gasteiger partial charge on any atom is 0.233 e. The Morgan fingerprint density at radius 1 is 1.30 bits per heavy atom. The summed E-state index contributed by atoms with van der Waals surface area (Å²) in [6.07, 6.45) is 0.750. The van der Waals surface area contributed by atoms with Crippen LogP contribution < -0.4 is 10.1 Å². The van der Waals surface area contributed by atoms with Gasteiger partial charge in [0.15, 0.2) is 5.16 Å². The molecule has 142 valence electrons. The maximum atomic E-state index is 12.4. The average Bonchev–Trinajstić information content (AvgIpc) is 3.32. The molecule has 3 aromatic rings. The fraction of sp³-hybridized carbons (Fsp3) is 0.316. The minimum absolute atomic E-state index is 0.0291. The van der Waals surface area contributed by atoms with Crippen LogP contribution in [0.2, 0.25) is 0 Å². The molecule has 0 saturated heterocycles. The number of hydrogen-bond acceptors (Lipinski definition) is 6. The third-order valence-electron chi connectivity index (χ3n) is 4.11. The van der Waals surface area contributed by atoms with Gasteiger partial charge in [-0.15, -0.1) is 21.5 Å². The molecule has 0 aliphatic carbocycles. The second-order valence-electron chi connectivity index (χ2n) is 6.04. The van der Waals surface area contributed by atoms with E-state index in [1.165, 1.54) is 16.6 Å². The number of thioether (sulfide) groups is 1. The lowest BCUT2D eigenvalue weighted by Gasteiger charge is -2.12. The highest BCUT2D eigenvalue weighted by atomic mass is 32.2. The number of thiophene rings is 1. The SMILES string of the molecule is COc1ccc(CNC(=O)[C@@H](C)Sc2nnc(Cc3cccs3)n2C)cc1. The Bertz CT molecular complexity index is 876. The Hall–Kier alpha value is -2.32. The van der Waals surface area contributed by atoms with Crippen LogP contribution in [0.25, 0.3) is 0 Å². The highest BCUT2D eigenvalue weighted by Crippen LogP contribution is 2.23. The van der Waals surface area contributed by atoms with E-state index in [2.05, 4.69) is 27.0 Å². The van der Waals surface area contributed by atoms with Gasteiger partial charge in [-0.2, -0.15) is 0 Å². The van der Waals surface area contributed by atoms with Crippen LogP contribution in [0.3, 0.4) is 0 Å². The number of carbonyl (C=O) groups is 1. The summed E-state index contributed by atoms with van der Waals surface area (Å²) in [5.74, 6) is 1.67. The molecule has 1 N–H and O–H groups in total. The van der Waals surface area contributed by atoms with Crippen LogP contribution in [-0.4, -0.2) is 33.0 Å². The highest BCUT2D eigenvalue weighted by molar-refractivity contribution is 8.00. The number of aromatic nitrogens is 3. The van der Waals surface area contributed by atoms with Gasteiger partial charge in [0.25, 0.3) is 0 Å². The van der Waals surface area contributed by atoms with Gasteiger partial charge in [-0.3, -0.25) is 4.79 Å². The molecule has 0 spiro atoms. The van der Waals surface area contributed by atoms with Gasteiger partial charge in [-0.05, 0) is 36.1 Å². The normalized spacial score (nSPS) is 12.0. The zero-order chi connectivity index (χ0) is 19.2. The third kappa shape index (κ3) is 5.11. The summed E-state index contributed by atoms with van der Waals surface area (Å²) in [6, 6.07) is 11.8. The molecule has 6 nitrogen and oxygen atoms in total. The van der Waals surface area contributed by atoms with E-state index in [9.17, 15) is 4.79 Å². The second kappa shape index (κ2) is 9.05. The molecule has 0 saturated carbocycles. The molecule has 2 heterocycles. The number of benzene rings is 1. The molecule has 0 bridgehead atoms. The third-order valence-corrected chi connectivity index (χ3v) is 6.13. The average molecular weight is 403 g/mol. The summed E-state index contributed by atoms with van der Waals surface area (Å²) in [4.78, 5) is 13.6. The Morgan fingerprint density at radius 3 is 2.74 bits per heavy atom. The fourth-order valence-electron chi connectivity index (χ4n) is 2.46. The topological polar surface area (TPSA) is 69.0 Å². The van der Waals surface area contributed by atoms with Crippen molar-refractivity contribution in [2.75, 3.05) is 7.11 Å². The molecule has 8 heteroatoms. The van der Waals surface area contributed by atoms with Crippen molar-refractivity contribution in [3.8, 4) is 5.75 Å². The minimum Gasteiger partial charge on any atom is -0.497 e. The summed E-state index contributed by atoms with van der Waals surface area (Å²) >= 11 is 3.12. The maximum absolute atomic E-state index is 12.4. The van der Waals surface area contributed by atoms with Crippen LogP contribution in [0.15, 0.2) is 46.9 Å². The predicted octanol–water partition coefficient (Wildman–Crippen LogP) is 3.27. The molecule has 2 aromatic heterocycles. The summed E-state index contributed by atoms with van der Waals surface area (Å²) in [7, 11) is 3.57. The first kappa shape index (κ1) is 19.4. The van der Waals surface area contributed by atoms with E-state index >= 15 is 0 Å². The van der Waals surface area contributed by atoms with Crippen molar-refractivity contribution in [1.29, 1.82) is 0 Å². The van der Waals surface area contributed by atoms with E-state index in [0.717, 1.165) is 28.7 Å². The van der Waals surface area contributed by atoms with Crippen molar-refractivity contribution in [2.24, 2.45) is 7.05 Å². The number of amides is 1. The number of methoxy groups -OCH3 is 1. The highest BCUT2D eigenvalue weighted by Gasteiger charge is 2.19. The summed E-state index contributed by atoms with van der Waals surface area (Å²) in [6.45, 7) is 2.36. The summed E-state index contributed by atoms with van der Waals surface area (Å²) < 4.78 is 7.10. The predicted molar refractivity (Wildman–Crippen MR) is 108 cm³/mol. The van der Waals surface area contributed by atoms with Gasteiger partial charge >= 0.3 is 0 Å². The summed E-state index contributed by atoms with van der Waals surface area (Å²) in [5, 5.41) is 14.0. The first-order chi connectivity index (χ1) is 13.1. The fourth-order valence-corrected chi connectivity index (χ4v) is 4.02. The van der Waals surface area contributed by atoms with Crippen LogP contribution in [-0.2, 0) is 24.8 Å². The van der Waals surface area contributed by atoms with Crippen LogP contribution in [0.5, 0.6) is 5.75 Å². The number of hydrogen-bond donors (Lipinski definition) is 1. The van der Waals surface area contributed by atoms with Crippen molar-refractivity contribution in [3.63, 3.8) is 0 Å². The molecule has 0 aliphatic rings. The lowest BCUT2D eigenvalue weighted by molar-refractivity contribution is -0.120. The van der Waals surface area contributed by atoms with Gasteiger partial charge in [0, 0.05) is 24.9 Å². The molecule has 1 aromatic carbocycles. The van der Waals surface area contributed by atoms with Crippen molar-refractivity contribution in [3.05, 3.63) is 58.0 Å².